The normalized spacial score (nSPS) is 11.0. The second-order valence-electron chi connectivity index (χ2n) is 5.37. The first-order chi connectivity index (χ1) is 10.5. The molecule has 112 valence electrons. The van der Waals surface area contributed by atoms with Gasteiger partial charge < -0.3 is 4.98 Å². The molecule has 0 saturated heterocycles. The molecule has 1 aromatic heterocycles. The summed E-state index contributed by atoms with van der Waals surface area (Å²) in [6.07, 6.45) is 0.952. The molecule has 0 unspecified atom stereocenters. The van der Waals surface area contributed by atoms with Gasteiger partial charge in [-0.3, -0.25) is 4.79 Å². The summed E-state index contributed by atoms with van der Waals surface area (Å²) in [5, 5.41) is 1.39. The number of rotatable bonds is 4. The monoisotopic (exact) mass is 315 g/mol. The predicted octanol–water partition coefficient (Wildman–Crippen LogP) is 5.08. The smallest absolute Gasteiger partial charge is 0.179 e. The third-order valence-corrected chi connectivity index (χ3v) is 4.19. The summed E-state index contributed by atoms with van der Waals surface area (Å²) < 4.78 is 13.2. The highest BCUT2D eigenvalue weighted by molar-refractivity contribution is 6.31. The van der Waals surface area contributed by atoms with Gasteiger partial charge in [0.1, 0.15) is 5.82 Å². The summed E-state index contributed by atoms with van der Waals surface area (Å²) >= 11 is 6.18. The molecule has 2 aromatic carbocycles. The number of fused-ring (bicyclic) bond motifs is 1. The van der Waals surface area contributed by atoms with Crippen molar-refractivity contribution >= 4 is 28.3 Å². The fourth-order valence-electron chi connectivity index (χ4n) is 2.61. The maximum atomic E-state index is 13.2. The van der Waals surface area contributed by atoms with E-state index in [1.165, 1.54) is 12.1 Å². The van der Waals surface area contributed by atoms with E-state index in [-0.39, 0.29) is 11.6 Å². The van der Waals surface area contributed by atoms with E-state index in [1.807, 2.05) is 25.1 Å². The Balaban J connectivity index is 1.79. The highest BCUT2D eigenvalue weighted by Crippen LogP contribution is 2.23. The van der Waals surface area contributed by atoms with E-state index in [2.05, 4.69) is 4.98 Å². The molecule has 0 aliphatic carbocycles. The Morgan fingerprint density at radius 3 is 2.82 bits per heavy atom. The Hall–Kier alpha value is -2.13. The number of aromatic amines is 1. The van der Waals surface area contributed by atoms with Gasteiger partial charge >= 0.3 is 0 Å². The molecule has 1 heterocycles. The standard InChI is InChI=1S/C18H15ClFNO/c1-11-3-2-4-15(19)14(11)6-8-18(22)17-10-12-9-13(20)5-7-16(12)21-17/h2-5,7,9-10,21H,6,8H2,1H3. The van der Waals surface area contributed by atoms with Crippen LogP contribution in [0.1, 0.15) is 28.0 Å². The zero-order valence-electron chi connectivity index (χ0n) is 12.1. The van der Waals surface area contributed by atoms with Gasteiger partial charge in [0.05, 0.1) is 5.69 Å². The average molecular weight is 316 g/mol. The second kappa shape index (κ2) is 5.93. The number of H-pyrrole nitrogens is 1. The largest absolute Gasteiger partial charge is 0.352 e. The van der Waals surface area contributed by atoms with Gasteiger partial charge in [-0.2, -0.15) is 0 Å². The number of nitrogens with one attached hydrogen (secondary N) is 1. The summed E-state index contributed by atoms with van der Waals surface area (Å²) in [5.74, 6) is -0.312. The van der Waals surface area contributed by atoms with Gasteiger partial charge in [-0.1, -0.05) is 23.7 Å². The van der Waals surface area contributed by atoms with Crippen molar-refractivity contribution in [2.45, 2.75) is 19.8 Å². The molecule has 0 amide bonds. The first-order valence-electron chi connectivity index (χ1n) is 7.10. The molecule has 3 aromatic rings. The number of carbonyl (C=O) groups excluding carboxylic acids is 1. The van der Waals surface area contributed by atoms with Crippen LogP contribution in [0.4, 0.5) is 4.39 Å². The number of benzene rings is 2. The van der Waals surface area contributed by atoms with Gasteiger partial charge in [0, 0.05) is 22.3 Å². The van der Waals surface area contributed by atoms with E-state index < -0.39 is 0 Å². The third-order valence-electron chi connectivity index (χ3n) is 3.84. The molecule has 0 fully saturated rings. The number of ketones is 1. The minimum absolute atomic E-state index is 0.00377. The molecule has 22 heavy (non-hydrogen) atoms. The van der Waals surface area contributed by atoms with Crippen LogP contribution in [0, 0.1) is 12.7 Å². The minimum atomic E-state index is -0.308. The molecule has 2 nitrogen and oxygen atoms in total. The first kappa shape index (κ1) is 14.8. The van der Waals surface area contributed by atoms with E-state index in [0.29, 0.717) is 28.9 Å². The maximum absolute atomic E-state index is 13.2. The summed E-state index contributed by atoms with van der Waals surface area (Å²) in [6.45, 7) is 1.98. The Labute approximate surface area is 132 Å². The first-order valence-corrected chi connectivity index (χ1v) is 7.48. The van der Waals surface area contributed by atoms with E-state index in [9.17, 15) is 9.18 Å². The number of aryl methyl sites for hydroxylation is 1. The van der Waals surface area contributed by atoms with Crippen LogP contribution in [0.2, 0.25) is 5.02 Å². The molecular weight excluding hydrogens is 301 g/mol. The highest BCUT2D eigenvalue weighted by Gasteiger charge is 2.12. The Bertz CT molecular complexity index is 833. The number of halogens is 2. The van der Waals surface area contributed by atoms with Crippen LogP contribution in [-0.4, -0.2) is 10.8 Å². The SMILES string of the molecule is Cc1cccc(Cl)c1CCC(=O)c1cc2cc(F)ccc2[nH]1. The van der Waals surface area contributed by atoms with E-state index in [0.717, 1.165) is 16.6 Å². The summed E-state index contributed by atoms with van der Waals surface area (Å²) in [4.78, 5) is 15.4. The van der Waals surface area contributed by atoms with Crippen molar-refractivity contribution in [3.8, 4) is 0 Å². The van der Waals surface area contributed by atoms with Crippen molar-refractivity contribution < 1.29 is 9.18 Å². The summed E-state index contributed by atoms with van der Waals surface area (Å²) in [6, 6.07) is 11.8. The quantitative estimate of drug-likeness (QED) is 0.669. The molecule has 3 rings (SSSR count). The Kier molecular flexibility index (Phi) is 3.99. The van der Waals surface area contributed by atoms with Crippen LogP contribution in [0.3, 0.4) is 0 Å². The summed E-state index contributed by atoms with van der Waals surface area (Å²) in [5.41, 5.74) is 3.35. The van der Waals surface area contributed by atoms with E-state index in [1.54, 1.807) is 12.1 Å². The van der Waals surface area contributed by atoms with E-state index >= 15 is 0 Å². The number of hydrogen-bond acceptors (Lipinski definition) is 1. The number of aromatic nitrogens is 1. The van der Waals surface area contributed by atoms with Crippen LogP contribution >= 0.6 is 11.6 Å². The van der Waals surface area contributed by atoms with Gasteiger partial charge in [0.25, 0.3) is 0 Å². The molecule has 0 spiro atoms. The van der Waals surface area contributed by atoms with Crippen molar-refractivity contribution in [1.82, 2.24) is 4.98 Å². The van der Waals surface area contributed by atoms with E-state index in [4.69, 9.17) is 11.6 Å². The number of hydrogen-bond donors (Lipinski definition) is 1. The minimum Gasteiger partial charge on any atom is -0.352 e. The zero-order chi connectivity index (χ0) is 15.7. The Morgan fingerprint density at radius 2 is 2.05 bits per heavy atom. The summed E-state index contributed by atoms with van der Waals surface area (Å²) in [7, 11) is 0. The molecule has 0 aliphatic heterocycles. The van der Waals surface area contributed by atoms with Gasteiger partial charge in [0.15, 0.2) is 5.78 Å². The Morgan fingerprint density at radius 1 is 1.23 bits per heavy atom. The maximum Gasteiger partial charge on any atom is 0.179 e. The molecule has 0 radical (unpaired) electrons. The van der Waals surface area contributed by atoms with Crippen LogP contribution < -0.4 is 0 Å². The molecule has 1 N–H and O–H groups in total. The number of carbonyl (C=O) groups is 1. The average Bonchev–Trinajstić information content (AvgIpc) is 2.89. The predicted molar refractivity (Wildman–Crippen MR) is 87.1 cm³/mol. The lowest BCUT2D eigenvalue weighted by atomic mass is 10.0. The lowest BCUT2D eigenvalue weighted by Crippen LogP contribution is -2.02. The fourth-order valence-corrected chi connectivity index (χ4v) is 2.93. The van der Waals surface area contributed by atoms with Crippen LogP contribution in [0.5, 0.6) is 0 Å². The third kappa shape index (κ3) is 2.90. The lowest BCUT2D eigenvalue weighted by Gasteiger charge is -2.07. The molecule has 0 aliphatic rings. The number of Topliss-reactive ketones (excluding diaryl/α,β-unsaturated/α-hetero) is 1. The van der Waals surface area contributed by atoms with Crippen molar-refractivity contribution in [2.24, 2.45) is 0 Å². The van der Waals surface area contributed by atoms with Gasteiger partial charge in [0.2, 0.25) is 0 Å². The highest BCUT2D eigenvalue weighted by atomic mass is 35.5. The molecular formula is C18H15ClFNO. The zero-order valence-corrected chi connectivity index (χ0v) is 12.9. The van der Waals surface area contributed by atoms with Crippen molar-refractivity contribution in [1.29, 1.82) is 0 Å². The van der Waals surface area contributed by atoms with Crippen molar-refractivity contribution in [3.05, 3.63) is 70.1 Å². The van der Waals surface area contributed by atoms with Crippen molar-refractivity contribution in [3.63, 3.8) is 0 Å². The second-order valence-corrected chi connectivity index (χ2v) is 5.78. The van der Waals surface area contributed by atoms with Gasteiger partial charge in [-0.25, -0.2) is 4.39 Å². The molecule has 0 bridgehead atoms. The molecule has 0 atom stereocenters. The topological polar surface area (TPSA) is 32.9 Å². The molecule has 0 saturated carbocycles. The fraction of sp³-hybridized carbons (Fsp3) is 0.167. The van der Waals surface area contributed by atoms with Crippen LogP contribution in [0.25, 0.3) is 10.9 Å². The van der Waals surface area contributed by atoms with Crippen molar-refractivity contribution in [2.75, 3.05) is 0 Å². The van der Waals surface area contributed by atoms with Crippen LogP contribution in [0.15, 0.2) is 42.5 Å². The van der Waals surface area contributed by atoms with Gasteiger partial charge in [-0.05, 0) is 54.8 Å². The lowest BCUT2D eigenvalue weighted by molar-refractivity contribution is 0.0979. The molecule has 4 heteroatoms. The van der Waals surface area contributed by atoms with Gasteiger partial charge in [-0.15, -0.1) is 0 Å². The van der Waals surface area contributed by atoms with Crippen LogP contribution in [-0.2, 0) is 6.42 Å².